The molecule has 1 rings (SSSR count). The van der Waals surface area contributed by atoms with Crippen LogP contribution in [-0.4, -0.2) is 17.6 Å². The standard InChI is InChI=1S/C11H11F5N2O2/c1-2-20-7(19)4-5-3-6(17)9(11(14,15)16)18-8(5)10(12)13/h3,10H,2,4,17H2,1H3. The molecule has 0 atom stereocenters. The number of aromatic nitrogens is 1. The number of halogens is 5. The Hall–Kier alpha value is -1.93. The maximum Gasteiger partial charge on any atom is 0.435 e. The number of hydrogen-bond donors (Lipinski definition) is 1. The average Bonchev–Trinajstić information content (AvgIpc) is 2.26. The van der Waals surface area contributed by atoms with E-state index in [4.69, 9.17) is 5.73 Å². The van der Waals surface area contributed by atoms with Crippen molar-refractivity contribution >= 4 is 11.7 Å². The summed E-state index contributed by atoms with van der Waals surface area (Å²) < 4.78 is 67.6. The fourth-order valence-corrected chi connectivity index (χ4v) is 1.51. The van der Waals surface area contributed by atoms with Crippen molar-refractivity contribution in [3.8, 4) is 0 Å². The molecule has 0 amide bonds. The Kier molecular flexibility index (Phi) is 4.85. The van der Waals surface area contributed by atoms with Crippen LogP contribution < -0.4 is 5.73 Å². The molecule has 0 saturated carbocycles. The van der Waals surface area contributed by atoms with Crippen LogP contribution in [0.3, 0.4) is 0 Å². The van der Waals surface area contributed by atoms with Crippen molar-refractivity contribution in [3.05, 3.63) is 23.0 Å². The van der Waals surface area contributed by atoms with Crippen molar-refractivity contribution < 1.29 is 31.5 Å². The van der Waals surface area contributed by atoms with Crippen LogP contribution in [0.15, 0.2) is 6.07 Å². The van der Waals surface area contributed by atoms with Crippen molar-refractivity contribution in [2.24, 2.45) is 0 Å². The molecule has 0 saturated heterocycles. The minimum absolute atomic E-state index is 0.0202. The fourth-order valence-electron chi connectivity index (χ4n) is 1.51. The topological polar surface area (TPSA) is 65.2 Å². The number of carbonyl (C=O) groups excluding carboxylic acids is 1. The monoisotopic (exact) mass is 298 g/mol. The first-order valence-corrected chi connectivity index (χ1v) is 5.47. The second-order valence-corrected chi connectivity index (χ2v) is 3.75. The van der Waals surface area contributed by atoms with Crippen LogP contribution in [0.5, 0.6) is 0 Å². The first-order chi connectivity index (χ1) is 9.16. The van der Waals surface area contributed by atoms with E-state index in [1.54, 1.807) is 0 Å². The smallest absolute Gasteiger partial charge is 0.435 e. The summed E-state index contributed by atoms with van der Waals surface area (Å²) in [4.78, 5) is 14.1. The Morgan fingerprint density at radius 1 is 1.45 bits per heavy atom. The van der Waals surface area contributed by atoms with Crippen LogP contribution >= 0.6 is 0 Å². The molecule has 112 valence electrons. The van der Waals surface area contributed by atoms with Gasteiger partial charge in [-0.3, -0.25) is 4.79 Å². The van der Waals surface area contributed by atoms with Crippen LogP contribution in [-0.2, 0) is 22.1 Å². The normalized spacial score (nSPS) is 11.8. The summed E-state index contributed by atoms with van der Waals surface area (Å²) in [5, 5.41) is 0. The molecule has 1 aromatic heterocycles. The largest absolute Gasteiger partial charge is 0.466 e. The molecule has 1 aromatic rings. The number of carbonyl (C=O) groups is 1. The van der Waals surface area contributed by atoms with Gasteiger partial charge in [-0.05, 0) is 18.6 Å². The van der Waals surface area contributed by atoms with E-state index in [0.29, 0.717) is 6.07 Å². The number of nitrogens with two attached hydrogens (primary N) is 1. The van der Waals surface area contributed by atoms with Crippen LogP contribution in [0.4, 0.5) is 27.6 Å². The van der Waals surface area contributed by atoms with Crippen LogP contribution in [0.2, 0.25) is 0 Å². The van der Waals surface area contributed by atoms with Crippen molar-refractivity contribution in [2.45, 2.75) is 25.9 Å². The minimum atomic E-state index is -4.95. The predicted molar refractivity (Wildman–Crippen MR) is 58.9 cm³/mol. The predicted octanol–water partition coefficient (Wildman–Crippen LogP) is 2.73. The highest BCUT2D eigenvalue weighted by atomic mass is 19.4. The summed E-state index contributed by atoms with van der Waals surface area (Å²) in [6.45, 7) is 1.53. The molecule has 0 aliphatic carbocycles. The molecular formula is C11H11F5N2O2. The number of rotatable bonds is 4. The molecule has 0 aliphatic heterocycles. The van der Waals surface area contributed by atoms with E-state index in [2.05, 4.69) is 9.72 Å². The molecule has 0 unspecified atom stereocenters. The third kappa shape index (κ3) is 3.78. The SMILES string of the molecule is CCOC(=O)Cc1cc(N)c(C(F)(F)F)nc1C(F)F. The number of esters is 1. The Morgan fingerprint density at radius 2 is 2.05 bits per heavy atom. The zero-order valence-corrected chi connectivity index (χ0v) is 10.3. The number of alkyl halides is 5. The summed E-state index contributed by atoms with van der Waals surface area (Å²) in [6.07, 6.45) is -8.83. The maximum atomic E-state index is 12.7. The third-order valence-electron chi connectivity index (χ3n) is 2.28. The Labute approximate surface area is 110 Å². The summed E-state index contributed by atoms with van der Waals surface area (Å²) in [6, 6.07) is 0.675. The molecule has 0 radical (unpaired) electrons. The zero-order chi connectivity index (χ0) is 15.5. The number of nitrogen functional groups attached to an aromatic ring is 1. The van der Waals surface area contributed by atoms with E-state index < -0.39 is 42.1 Å². The van der Waals surface area contributed by atoms with Gasteiger partial charge in [0.1, 0.15) is 5.69 Å². The van der Waals surface area contributed by atoms with Gasteiger partial charge in [-0.15, -0.1) is 0 Å². The van der Waals surface area contributed by atoms with Gasteiger partial charge < -0.3 is 10.5 Å². The molecule has 2 N–H and O–H groups in total. The molecule has 0 bridgehead atoms. The fraction of sp³-hybridized carbons (Fsp3) is 0.455. The third-order valence-corrected chi connectivity index (χ3v) is 2.28. The molecule has 9 heteroatoms. The Morgan fingerprint density at radius 3 is 2.50 bits per heavy atom. The summed E-state index contributed by atoms with van der Waals surface area (Å²) in [5.74, 6) is -0.852. The van der Waals surface area contributed by atoms with E-state index in [1.165, 1.54) is 6.92 Å². The molecule has 20 heavy (non-hydrogen) atoms. The molecule has 0 fully saturated rings. The minimum Gasteiger partial charge on any atom is -0.466 e. The van der Waals surface area contributed by atoms with Gasteiger partial charge in [0.25, 0.3) is 6.43 Å². The maximum absolute atomic E-state index is 12.7. The quantitative estimate of drug-likeness (QED) is 0.685. The van der Waals surface area contributed by atoms with Gasteiger partial charge in [0.2, 0.25) is 0 Å². The lowest BCUT2D eigenvalue weighted by Crippen LogP contribution is -2.17. The van der Waals surface area contributed by atoms with Gasteiger partial charge in [-0.2, -0.15) is 13.2 Å². The van der Waals surface area contributed by atoms with E-state index in [1.807, 2.05) is 0 Å². The van der Waals surface area contributed by atoms with Crippen molar-refractivity contribution in [1.29, 1.82) is 0 Å². The number of hydrogen-bond acceptors (Lipinski definition) is 4. The summed E-state index contributed by atoms with van der Waals surface area (Å²) >= 11 is 0. The molecule has 0 aliphatic rings. The highest BCUT2D eigenvalue weighted by Crippen LogP contribution is 2.35. The lowest BCUT2D eigenvalue weighted by molar-refractivity contribution is -0.142. The van der Waals surface area contributed by atoms with Crippen LogP contribution in [0.1, 0.15) is 30.3 Å². The van der Waals surface area contributed by atoms with E-state index in [0.717, 1.165) is 0 Å². The highest BCUT2D eigenvalue weighted by Gasteiger charge is 2.37. The molecule has 4 nitrogen and oxygen atoms in total. The average molecular weight is 298 g/mol. The van der Waals surface area contributed by atoms with Crippen molar-refractivity contribution in [3.63, 3.8) is 0 Å². The van der Waals surface area contributed by atoms with Crippen molar-refractivity contribution in [2.75, 3.05) is 12.3 Å². The van der Waals surface area contributed by atoms with Gasteiger partial charge in [0.15, 0.2) is 5.69 Å². The lowest BCUT2D eigenvalue weighted by atomic mass is 10.1. The van der Waals surface area contributed by atoms with Gasteiger partial charge in [-0.1, -0.05) is 0 Å². The van der Waals surface area contributed by atoms with Gasteiger partial charge >= 0.3 is 12.1 Å². The second-order valence-electron chi connectivity index (χ2n) is 3.75. The Balaban J connectivity index is 3.25. The molecule has 0 aromatic carbocycles. The highest BCUT2D eigenvalue weighted by molar-refractivity contribution is 5.73. The van der Waals surface area contributed by atoms with Crippen LogP contribution in [0.25, 0.3) is 0 Å². The number of anilines is 1. The van der Waals surface area contributed by atoms with E-state index in [-0.39, 0.29) is 12.2 Å². The molecule has 0 spiro atoms. The first kappa shape index (κ1) is 16.1. The molecular weight excluding hydrogens is 287 g/mol. The lowest BCUT2D eigenvalue weighted by Gasteiger charge is -2.14. The molecule has 1 heterocycles. The van der Waals surface area contributed by atoms with E-state index >= 15 is 0 Å². The Bertz CT molecular complexity index is 502. The second kappa shape index (κ2) is 6.02. The number of nitrogens with zero attached hydrogens (tertiary/aromatic N) is 1. The zero-order valence-electron chi connectivity index (χ0n) is 10.3. The van der Waals surface area contributed by atoms with E-state index in [9.17, 15) is 26.7 Å². The summed E-state index contributed by atoms with van der Waals surface area (Å²) in [5.41, 5.74) is 1.22. The van der Waals surface area contributed by atoms with Gasteiger partial charge in [0.05, 0.1) is 18.7 Å². The summed E-state index contributed by atoms with van der Waals surface area (Å²) in [7, 11) is 0. The van der Waals surface area contributed by atoms with Gasteiger partial charge in [-0.25, -0.2) is 13.8 Å². The van der Waals surface area contributed by atoms with Crippen molar-refractivity contribution in [1.82, 2.24) is 4.98 Å². The number of pyridine rings is 1. The first-order valence-electron chi connectivity index (χ1n) is 5.47. The van der Waals surface area contributed by atoms with Gasteiger partial charge in [0, 0.05) is 0 Å². The number of ether oxygens (including phenoxy) is 1. The van der Waals surface area contributed by atoms with Crippen LogP contribution in [0, 0.1) is 0 Å².